The summed E-state index contributed by atoms with van der Waals surface area (Å²) in [5.41, 5.74) is 0. The van der Waals surface area contributed by atoms with Crippen molar-refractivity contribution in [1.82, 2.24) is 4.72 Å². The first-order chi connectivity index (χ1) is 7.00. The summed E-state index contributed by atoms with van der Waals surface area (Å²) < 4.78 is 31.8. The summed E-state index contributed by atoms with van der Waals surface area (Å²) in [5.74, 6) is 0.590. The van der Waals surface area contributed by atoms with E-state index in [-0.39, 0.29) is 17.4 Å². The fraction of sp³-hybridized carbons (Fsp3) is 1.00. The number of hydrogen-bond donors (Lipinski definition) is 1. The van der Waals surface area contributed by atoms with Crippen molar-refractivity contribution in [3.63, 3.8) is 0 Å². The lowest BCUT2D eigenvalue weighted by Crippen LogP contribution is -2.44. The Labute approximate surface area is 91.4 Å². The molecule has 1 N–H and O–H groups in total. The van der Waals surface area contributed by atoms with Gasteiger partial charge in [-0.25, -0.2) is 13.1 Å². The third-order valence-electron chi connectivity index (χ3n) is 3.16. The number of hydrogen-bond acceptors (Lipinski definition) is 3. The minimum Gasteiger partial charge on any atom is -0.376 e. The Balaban J connectivity index is 1.98. The second-order valence-corrected chi connectivity index (χ2v) is 7.05. The lowest BCUT2D eigenvalue weighted by Gasteiger charge is -2.20. The minimum atomic E-state index is -3.15. The highest BCUT2D eigenvalue weighted by Gasteiger charge is 2.42. The Kier molecular flexibility index (Phi) is 3.05. The summed E-state index contributed by atoms with van der Waals surface area (Å²) in [4.78, 5) is 0. The van der Waals surface area contributed by atoms with Crippen molar-refractivity contribution >= 4 is 10.0 Å². The van der Waals surface area contributed by atoms with Gasteiger partial charge in [0.2, 0.25) is 10.0 Å². The van der Waals surface area contributed by atoms with Crippen LogP contribution in [0.15, 0.2) is 0 Å². The van der Waals surface area contributed by atoms with E-state index in [2.05, 4.69) is 4.72 Å². The molecule has 1 heterocycles. The van der Waals surface area contributed by atoms with Gasteiger partial charge in [0.1, 0.15) is 0 Å². The Morgan fingerprint density at radius 3 is 2.47 bits per heavy atom. The SMILES string of the molecule is CC(C)S(=O)(=O)NC1CCOC1C1CC1. The zero-order valence-electron chi connectivity index (χ0n) is 9.27. The highest BCUT2D eigenvalue weighted by molar-refractivity contribution is 7.90. The first kappa shape index (κ1) is 11.4. The zero-order chi connectivity index (χ0) is 11.1. The molecule has 88 valence electrons. The van der Waals surface area contributed by atoms with Crippen LogP contribution in [0.1, 0.15) is 33.1 Å². The highest BCUT2D eigenvalue weighted by atomic mass is 32.2. The molecule has 2 rings (SSSR count). The molecule has 5 heteroatoms. The molecule has 0 aromatic carbocycles. The number of sulfonamides is 1. The van der Waals surface area contributed by atoms with Gasteiger partial charge in [-0.3, -0.25) is 0 Å². The molecule has 0 bridgehead atoms. The van der Waals surface area contributed by atoms with E-state index in [0.29, 0.717) is 12.5 Å². The molecule has 0 amide bonds. The van der Waals surface area contributed by atoms with Gasteiger partial charge in [0.25, 0.3) is 0 Å². The van der Waals surface area contributed by atoms with Crippen LogP contribution in [0.2, 0.25) is 0 Å². The lowest BCUT2D eigenvalue weighted by atomic mass is 10.1. The van der Waals surface area contributed by atoms with Crippen LogP contribution in [-0.4, -0.2) is 32.4 Å². The second-order valence-electron chi connectivity index (χ2n) is 4.78. The molecule has 1 aliphatic heterocycles. The third-order valence-corrected chi connectivity index (χ3v) is 5.03. The molecule has 2 unspecified atom stereocenters. The van der Waals surface area contributed by atoms with E-state index >= 15 is 0 Å². The molecule has 0 spiro atoms. The first-order valence-corrected chi connectivity index (χ1v) is 7.18. The van der Waals surface area contributed by atoms with Crippen molar-refractivity contribution in [1.29, 1.82) is 0 Å². The van der Waals surface area contributed by atoms with Gasteiger partial charge >= 0.3 is 0 Å². The predicted molar refractivity (Wildman–Crippen MR) is 58.1 cm³/mol. The van der Waals surface area contributed by atoms with Gasteiger partial charge < -0.3 is 4.74 Å². The van der Waals surface area contributed by atoms with Crippen molar-refractivity contribution in [2.45, 2.75) is 50.5 Å². The molecule has 1 saturated carbocycles. The largest absolute Gasteiger partial charge is 0.376 e. The summed E-state index contributed by atoms with van der Waals surface area (Å²) >= 11 is 0. The van der Waals surface area contributed by atoms with Crippen LogP contribution in [0.4, 0.5) is 0 Å². The Bertz CT molecular complexity index is 322. The van der Waals surface area contributed by atoms with E-state index in [1.54, 1.807) is 13.8 Å². The van der Waals surface area contributed by atoms with Gasteiger partial charge in [0.05, 0.1) is 17.4 Å². The molecular formula is C10H19NO3S. The molecule has 0 aromatic rings. The summed E-state index contributed by atoms with van der Waals surface area (Å²) in [7, 11) is -3.15. The second kappa shape index (κ2) is 4.03. The summed E-state index contributed by atoms with van der Waals surface area (Å²) in [6.45, 7) is 4.08. The maximum Gasteiger partial charge on any atom is 0.214 e. The fourth-order valence-corrected chi connectivity index (χ4v) is 2.92. The summed E-state index contributed by atoms with van der Waals surface area (Å²) in [6.07, 6.45) is 3.31. The molecule has 0 radical (unpaired) electrons. The summed E-state index contributed by atoms with van der Waals surface area (Å²) in [5, 5.41) is -0.363. The molecule has 1 aliphatic carbocycles. The van der Waals surface area contributed by atoms with E-state index in [9.17, 15) is 8.42 Å². The monoisotopic (exact) mass is 233 g/mol. The van der Waals surface area contributed by atoms with Crippen molar-refractivity contribution in [2.24, 2.45) is 5.92 Å². The molecular weight excluding hydrogens is 214 g/mol. The van der Waals surface area contributed by atoms with Crippen molar-refractivity contribution in [3.05, 3.63) is 0 Å². The Morgan fingerprint density at radius 1 is 1.27 bits per heavy atom. The van der Waals surface area contributed by atoms with Gasteiger partial charge in [-0.1, -0.05) is 0 Å². The van der Waals surface area contributed by atoms with E-state index in [1.807, 2.05) is 0 Å². The van der Waals surface area contributed by atoms with Crippen LogP contribution in [0.25, 0.3) is 0 Å². The number of rotatable bonds is 4. The van der Waals surface area contributed by atoms with Crippen LogP contribution in [0.3, 0.4) is 0 Å². The van der Waals surface area contributed by atoms with E-state index < -0.39 is 10.0 Å². The molecule has 2 fully saturated rings. The van der Waals surface area contributed by atoms with Crippen LogP contribution in [-0.2, 0) is 14.8 Å². The highest BCUT2D eigenvalue weighted by Crippen LogP contribution is 2.38. The standard InChI is InChI=1S/C10H19NO3S/c1-7(2)15(12,13)11-9-5-6-14-10(9)8-3-4-8/h7-11H,3-6H2,1-2H3. The molecule has 0 aromatic heterocycles. The molecule has 2 atom stereocenters. The van der Waals surface area contributed by atoms with Gasteiger partial charge in [0.15, 0.2) is 0 Å². The topological polar surface area (TPSA) is 55.4 Å². The van der Waals surface area contributed by atoms with Crippen LogP contribution in [0, 0.1) is 5.92 Å². The van der Waals surface area contributed by atoms with Crippen molar-refractivity contribution in [2.75, 3.05) is 6.61 Å². The maximum absolute atomic E-state index is 11.7. The quantitative estimate of drug-likeness (QED) is 0.784. The van der Waals surface area contributed by atoms with E-state index in [0.717, 1.165) is 6.42 Å². The average molecular weight is 233 g/mol. The van der Waals surface area contributed by atoms with Gasteiger partial charge in [0, 0.05) is 6.61 Å². The van der Waals surface area contributed by atoms with Gasteiger partial charge in [-0.2, -0.15) is 0 Å². The number of nitrogens with one attached hydrogen (secondary N) is 1. The maximum atomic E-state index is 11.7. The molecule has 15 heavy (non-hydrogen) atoms. The normalized spacial score (nSPS) is 32.5. The predicted octanol–water partition coefficient (Wildman–Crippen LogP) is 0.882. The zero-order valence-corrected chi connectivity index (χ0v) is 10.1. The van der Waals surface area contributed by atoms with Gasteiger partial charge in [-0.05, 0) is 39.0 Å². The first-order valence-electron chi connectivity index (χ1n) is 5.63. The Hall–Kier alpha value is -0.130. The smallest absolute Gasteiger partial charge is 0.214 e. The molecule has 2 aliphatic rings. The molecule has 1 saturated heterocycles. The van der Waals surface area contributed by atoms with E-state index in [4.69, 9.17) is 4.74 Å². The minimum absolute atomic E-state index is 0.00454. The number of ether oxygens (including phenoxy) is 1. The van der Waals surface area contributed by atoms with Crippen molar-refractivity contribution < 1.29 is 13.2 Å². The van der Waals surface area contributed by atoms with Crippen LogP contribution >= 0.6 is 0 Å². The van der Waals surface area contributed by atoms with Crippen LogP contribution < -0.4 is 4.72 Å². The average Bonchev–Trinajstić information content (AvgIpc) is 2.88. The van der Waals surface area contributed by atoms with Crippen LogP contribution in [0.5, 0.6) is 0 Å². The van der Waals surface area contributed by atoms with E-state index in [1.165, 1.54) is 12.8 Å². The summed E-state index contributed by atoms with van der Waals surface area (Å²) in [6, 6.07) is 0.00454. The fourth-order valence-electron chi connectivity index (χ4n) is 1.97. The third kappa shape index (κ3) is 2.52. The van der Waals surface area contributed by atoms with Crippen molar-refractivity contribution in [3.8, 4) is 0 Å². The Morgan fingerprint density at radius 2 is 1.93 bits per heavy atom. The van der Waals surface area contributed by atoms with Gasteiger partial charge in [-0.15, -0.1) is 0 Å². The molecule has 4 nitrogen and oxygen atoms in total. The lowest BCUT2D eigenvalue weighted by molar-refractivity contribution is 0.0847.